The minimum Gasteiger partial charge on any atom is -0.494 e. The summed E-state index contributed by atoms with van der Waals surface area (Å²) >= 11 is 0. The fourth-order valence-corrected chi connectivity index (χ4v) is 2.03. The molecule has 1 aliphatic rings. The Bertz CT molecular complexity index is 404. The Morgan fingerprint density at radius 1 is 1.50 bits per heavy atom. The van der Waals surface area contributed by atoms with E-state index in [1.54, 1.807) is 0 Å². The van der Waals surface area contributed by atoms with Gasteiger partial charge in [0, 0.05) is 6.42 Å². The minimum absolute atomic E-state index is 0.287. The number of rotatable bonds is 4. The van der Waals surface area contributed by atoms with Gasteiger partial charge in [-0.1, -0.05) is 6.07 Å². The fourth-order valence-electron chi connectivity index (χ4n) is 2.03. The van der Waals surface area contributed by atoms with Crippen molar-refractivity contribution in [1.29, 1.82) is 0 Å². The molecule has 1 aromatic rings. The Hall–Kier alpha value is -1.46. The lowest BCUT2D eigenvalue weighted by Crippen LogP contribution is -1.97. The van der Waals surface area contributed by atoms with Crippen molar-refractivity contribution in [2.75, 3.05) is 6.61 Å². The van der Waals surface area contributed by atoms with Crippen LogP contribution in [0.1, 0.15) is 36.5 Å². The Morgan fingerprint density at radius 2 is 2.38 bits per heavy atom. The third-order valence-electron chi connectivity index (χ3n) is 2.89. The molecule has 0 fully saturated rings. The zero-order valence-corrected chi connectivity index (χ0v) is 9.28. The molecule has 1 aromatic carbocycles. The molecule has 0 spiro atoms. The first-order valence-corrected chi connectivity index (χ1v) is 5.68. The highest BCUT2D eigenvalue weighted by atomic mass is 16.5. The third kappa shape index (κ3) is 2.37. The first-order chi connectivity index (χ1) is 7.81. The number of benzene rings is 1. The van der Waals surface area contributed by atoms with Gasteiger partial charge >= 0.3 is 0 Å². The molecule has 0 saturated carbocycles. The van der Waals surface area contributed by atoms with Gasteiger partial charge in [0.15, 0.2) is 0 Å². The number of aliphatic hydroxyl groups excluding tert-OH is 1. The van der Waals surface area contributed by atoms with E-state index in [1.807, 2.05) is 18.2 Å². The van der Waals surface area contributed by atoms with Gasteiger partial charge in [-0.3, -0.25) is 0 Å². The molecule has 0 aromatic heterocycles. The van der Waals surface area contributed by atoms with E-state index in [-0.39, 0.29) is 6.10 Å². The van der Waals surface area contributed by atoms with Crippen LogP contribution in [0.25, 0.3) is 0 Å². The molecule has 84 valence electrons. The van der Waals surface area contributed by atoms with Gasteiger partial charge in [0.05, 0.1) is 12.7 Å². The van der Waals surface area contributed by atoms with Crippen molar-refractivity contribution in [1.82, 2.24) is 0 Å². The molecule has 2 heteroatoms. The molecule has 0 bridgehead atoms. The second-order valence-corrected chi connectivity index (χ2v) is 4.07. The number of fused-ring (bicyclic) bond motifs is 1. The molecule has 2 rings (SSSR count). The number of hydrogen-bond donors (Lipinski definition) is 1. The van der Waals surface area contributed by atoms with Gasteiger partial charge < -0.3 is 9.84 Å². The lowest BCUT2D eigenvalue weighted by Gasteiger charge is -2.08. The SMILES string of the molecule is C#CCCCOc1ccc2c(c1)CCC2O. The van der Waals surface area contributed by atoms with Crippen molar-refractivity contribution in [3.05, 3.63) is 29.3 Å². The van der Waals surface area contributed by atoms with Gasteiger partial charge in [-0.2, -0.15) is 0 Å². The number of unbranched alkanes of at least 4 members (excludes halogenated alkanes) is 1. The smallest absolute Gasteiger partial charge is 0.119 e. The Kier molecular flexibility index (Phi) is 3.48. The lowest BCUT2D eigenvalue weighted by molar-refractivity contribution is 0.180. The highest BCUT2D eigenvalue weighted by molar-refractivity contribution is 5.39. The van der Waals surface area contributed by atoms with Crippen molar-refractivity contribution >= 4 is 0 Å². The van der Waals surface area contributed by atoms with Crippen LogP contribution >= 0.6 is 0 Å². The number of ether oxygens (including phenoxy) is 1. The highest BCUT2D eigenvalue weighted by Gasteiger charge is 2.20. The van der Waals surface area contributed by atoms with E-state index < -0.39 is 0 Å². The van der Waals surface area contributed by atoms with Crippen LogP contribution in [0.2, 0.25) is 0 Å². The van der Waals surface area contributed by atoms with E-state index in [2.05, 4.69) is 5.92 Å². The van der Waals surface area contributed by atoms with Gasteiger partial charge in [0.25, 0.3) is 0 Å². The van der Waals surface area contributed by atoms with Gasteiger partial charge in [-0.25, -0.2) is 0 Å². The topological polar surface area (TPSA) is 29.5 Å². The average Bonchev–Trinajstić information content (AvgIpc) is 2.66. The van der Waals surface area contributed by atoms with E-state index in [0.29, 0.717) is 6.61 Å². The van der Waals surface area contributed by atoms with Crippen LogP contribution in [0.3, 0.4) is 0 Å². The fraction of sp³-hybridized carbons (Fsp3) is 0.429. The molecule has 1 atom stereocenters. The highest BCUT2D eigenvalue weighted by Crippen LogP contribution is 2.33. The molecule has 0 saturated heterocycles. The van der Waals surface area contributed by atoms with Crippen LogP contribution in [-0.4, -0.2) is 11.7 Å². The molecule has 1 N–H and O–H groups in total. The summed E-state index contributed by atoms with van der Waals surface area (Å²) in [6.45, 7) is 0.658. The molecular formula is C14H16O2. The summed E-state index contributed by atoms with van der Waals surface area (Å²) in [5, 5.41) is 9.66. The van der Waals surface area contributed by atoms with Gasteiger partial charge in [-0.05, 0) is 42.5 Å². The molecule has 2 nitrogen and oxygen atoms in total. The summed E-state index contributed by atoms with van der Waals surface area (Å²) < 4.78 is 5.59. The lowest BCUT2D eigenvalue weighted by atomic mass is 10.1. The summed E-state index contributed by atoms with van der Waals surface area (Å²) in [5.74, 6) is 3.47. The normalized spacial score (nSPS) is 17.9. The number of aryl methyl sites for hydroxylation is 1. The van der Waals surface area contributed by atoms with Crippen LogP contribution in [0.15, 0.2) is 18.2 Å². The maximum absolute atomic E-state index is 9.66. The van der Waals surface area contributed by atoms with E-state index in [9.17, 15) is 5.11 Å². The van der Waals surface area contributed by atoms with Crippen LogP contribution in [0, 0.1) is 12.3 Å². The van der Waals surface area contributed by atoms with Crippen molar-refractivity contribution < 1.29 is 9.84 Å². The molecule has 0 heterocycles. The molecule has 0 aliphatic heterocycles. The molecule has 0 radical (unpaired) electrons. The molecule has 1 aliphatic carbocycles. The zero-order chi connectivity index (χ0) is 11.4. The number of hydrogen-bond acceptors (Lipinski definition) is 2. The first-order valence-electron chi connectivity index (χ1n) is 5.68. The second-order valence-electron chi connectivity index (χ2n) is 4.07. The zero-order valence-electron chi connectivity index (χ0n) is 9.28. The van der Waals surface area contributed by atoms with Crippen molar-refractivity contribution in [3.8, 4) is 18.1 Å². The van der Waals surface area contributed by atoms with Gasteiger partial charge in [0.2, 0.25) is 0 Å². The summed E-state index contributed by atoms with van der Waals surface area (Å²) in [6, 6.07) is 5.91. The average molecular weight is 216 g/mol. The predicted octanol–water partition coefficient (Wildman–Crippen LogP) is 2.46. The molecule has 1 unspecified atom stereocenters. The van der Waals surface area contributed by atoms with Crippen molar-refractivity contribution in [2.24, 2.45) is 0 Å². The summed E-state index contributed by atoms with van der Waals surface area (Å²) in [7, 11) is 0. The number of aliphatic hydroxyl groups is 1. The van der Waals surface area contributed by atoms with Gasteiger partial charge in [0.1, 0.15) is 5.75 Å². The molecular weight excluding hydrogens is 200 g/mol. The summed E-state index contributed by atoms with van der Waals surface area (Å²) in [5.41, 5.74) is 2.26. The van der Waals surface area contributed by atoms with E-state index in [1.165, 1.54) is 5.56 Å². The summed E-state index contributed by atoms with van der Waals surface area (Å²) in [6.07, 6.45) is 8.29. The Morgan fingerprint density at radius 3 is 3.19 bits per heavy atom. The van der Waals surface area contributed by atoms with E-state index in [0.717, 1.165) is 37.0 Å². The Labute approximate surface area is 96.3 Å². The van der Waals surface area contributed by atoms with Crippen LogP contribution in [0.4, 0.5) is 0 Å². The van der Waals surface area contributed by atoms with Crippen LogP contribution in [0.5, 0.6) is 5.75 Å². The van der Waals surface area contributed by atoms with Crippen molar-refractivity contribution in [3.63, 3.8) is 0 Å². The van der Waals surface area contributed by atoms with Crippen LogP contribution < -0.4 is 4.74 Å². The first kappa shape index (κ1) is 11.0. The number of terminal acetylenes is 1. The second kappa shape index (κ2) is 5.05. The van der Waals surface area contributed by atoms with E-state index in [4.69, 9.17) is 11.2 Å². The third-order valence-corrected chi connectivity index (χ3v) is 2.89. The quantitative estimate of drug-likeness (QED) is 0.619. The van der Waals surface area contributed by atoms with Crippen LogP contribution in [-0.2, 0) is 6.42 Å². The minimum atomic E-state index is -0.287. The van der Waals surface area contributed by atoms with E-state index >= 15 is 0 Å². The predicted molar refractivity (Wildman–Crippen MR) is 63.3 cm³/mol. The summed E-state index contributed by atoms with van der Waals surface area (Å²) in [4.78, 5) is 0. The van der Waals surface area contributed by atoms with Gasteiger partial charge in [-0.15, -0.1) is 12.3 Å². The molecule has 0 amide bonds. The maximum Gasteiger partial charge on any atom is 0.119 e. The Balaban J connectivity index is 1.95. The van der Waals surface area contributed by atoms with Crippen molar-refractivity contribution in [2.45, 2.75) is 31.8 Å². The molecule has 16 heavy (non-hydrogen) atoms. The standard InChI is InChI=1S/C14H16O2/c1-2-3-4-9-16-12-6-7-13-11(10-12)5-8-14(13)15/h1,6-7,10,14-15H,3-5,8-9H2. The maximum atomic E-state index is 9.66. The largest absolute Gasteiger partial charge is 0.494 e. The monoisotopic (exact) mass is 216 g/mol.